The first-order valence-corrected chi connectivity index (χ1v) is 14.5. The number of carbonyl (C=O) groups excluding carboxylic acids is 3. The Balaban J connectivity index is 1.34. The van der Waals surface area contributed by atoms with Gasteiger partial charge in [-0.3, -0.25) is 14.9 Å². The molecule has 0 radical (unpaired) electrons. The number of benzene rings is 2. The molecule has 0 fully saturated rings. The predicted octanol–water partition coefficient (Wildman–Crippen LogP) is 6.50. The zero-order chi connectivity index (χ0) is 29.7. The lowest BCUT2D eigenvalue weighted by molar-refractivity contribution is -0.122. The second-order valence-corrected chi connectivity index (χ2v) is 10.5. The second kappa shape index (κ2) is 15.4. The number of carbonyl (C=O) groups is 3. The van der Waals surface area contributed by atoms with E-state index in [4.69, 9.17) is 4.74 Å². The van der Waals surface area contributed by atoms with Crippen molar-refractivity contribution in [2.24, 2.45) is 0 Å². The highest BCUT2D eigenvalue weighted by Gasteiger charge is 2.20. The lowest BCUT2D eigenvalue weighted by Gasteiger charge is -2.25. The average molecular weight is 566 g/mol. The van der Waals surface area contributed by atoms with Crippen molar-refractivity contribution >= 4 is 23.6 Å². The molecule has 0 aliphatic heterocycles. The fourth-order valence-corrected chi connectivity index (χ4v) is 4.88. The number of hydrogen-bond donors (Lipinski definition) is 2. The number of rotatable bonds is 8. The van der Waals surface area contributed by atoms with E-state index >= 15 is 0 Å². The molecule has 2 aromatic rings. The van der Waals surface area contributed by atoms with Gasteiger partial charge in [0, 0.05) is 17.0 Å². The van der Waals surface area contributed by atoms with Gasteiger partial charge < -0.3 is 15.0 Å². The third-order valence-electron chi connectivity index (χ3n) is 7.30. The number of para-hydroxylation sites is 1. The van der Waals surface area contributed by atoms with E-state index in [1.807, 2.05) is 62.4 Å². The molecule has 0 bridgehead atoms. The summed E-state index contributed by atoms with van der Waals surface area (Å²) < 4.78 is 5.62. The first-order valence-electron chi connectivity index (χ1n) is 14.5. The monoisotopic (exact) mass is 565 g/mol. The molecule has 0 unspecified atom stereocenters. The van der Waals surface area contributed by atoms with Crippen molar-refractivity contribution in [3.05, 3.63) is 125 Å². The second-order valence-electron chi connectivity index (χ2n) is 10.5. The van der Waals surface area contributed by atoms with Crippen molar-refractivity contribution in [1.29, 1.82) is 0 Å². The highest BCUT2D eigenvalue weighted by molar-refractivity contribution is 6.01. The molecule has 2 N–H and O–H groups in total. The van der Waals surface area contributed by atoms with Crippen LogP contribution >= 0.6 is 0 Å². The van der Waals surface area contributed by atoms with Crippen molar-refractivity contribution < 1.29 is 19.1 Å². The van der Waals surface area contributed by atoms with Crippen LogP contribution in [0.3, 0.4) is 0 Å². The molecule has 0 saturated carbocycles. The number of aryl methyl sites for hydroxylation is 2. The van der Waals surface area contributed by atoms with E-state index in [1.165, 1.54) is 0 Å². The largest absolute Gasteiger partial charge is 0.446 e. The quantitative estimate of drug-likeness (QED) is 0.358. The fourth-order valence-electron chi connectivity index (χ4n) is 4.88. The third-order valence-corrected chi connectivity index (χ3v) is 7.30. The maximum Gasteiger partial charge on any atom is 0.411 e. The molecule has 3 amide bonds. The van der Waals surface area contributed by atoms with Gasteiger partial charge in [-0.05, 0) is 93.0 Å². The van der Waals surface area contributed by atoms with Crippen LogP contribution in [0, 0.1) is 13.8 Å². The van der Waals surface area contributed by atoms with E-state index in [0.717, 1.165) is 54.5 Å². The lowest BCUT2D eigenvalue weighted by atomic mass is 10.0. The van der Waals surface area contributed by atoms with Crippen LogP contribution in [0.15, 0.2) is 108 Å². The van der Waals surface area contributed by atoms with E-state index in [9.17, 15) is 14.4 Å². The van der Waals surface area contributed by atoms with Gasteiger partial charge in [-0.1, -0.05) is 66.8 Å². The van der Waals surface area contributed by atoms with Gasteiger partial charge in [0.25, 0.3) is 5.91 Å². The number of nitrogens with one attached hydrogen (secondary N) is 2. The average Bonchev–Trinajstić information content (AvgIpc) is 2.94. The molecule has 0 heterocycles. The van der Waals surface area contributed by atoms with Crippen molar-refractivity contribution in [3.63, 3.8) is 0 Å². The maximum atomic E-state index is 13.4. The molecule has 7 nitrogen and oxygen atoms in total. The summed E-state index contributed by atoms with van der Waals surface area (Å²) in [7, 11) is 0. The Bertz CT molecular complexity index is 1430. The van der Waals surface area contributed by atoms with Crippen molar-refractivity contribution in [1.82, 2.24) is 10.6 Å². The maximum absolute atomic E-state index is 13.4. The van der Waals surface area contributed by atoms with Crippen LogP contribution in [0.2, 0.25) is 0 Å². The molecule has 1 atom stereocenters. The minimum atomic E-state index is -0.487. The zero-order valence-electron chi connectivity index (χ0n) is 24.3. The van der Waals surface area contributed by atoms with Crippen LogP contribution in [-0.2, 0) is 20.9 Å². The Kier molecular flexibility index (Phi) is 11.1. The Morgan fingerprint density at radius 3 is 2.43 bits per heavy atom. The van der Waals surface area contributed by atoms with Gasteiger partial charge in [-0.2, -0.15) is 0 Å². The molecule has 0 spiro atoms. The van der Waals surface area contributed by atoms with Crippen LogP contribution in [0.5, 0.6) is 0 Å². The van der Waals surface area contributed by atoms with Gasteiger partial charge in [0.2, 0.25) is 5.91 Å². The molecule has 42 heavy (non-hydrogen) atoms. The highest BCUT2D eigenvalue weighted by Crippen LogP contribution is 2.23. The minimum absolute atomic E-state index is 0.0972. The van der Waals surface area contributed by atoms with Gasteiger partial charge in [-0.25, -0.2) is 4.79 Å². The van der Waals surface area contributed by atoms with E-state index < -0.39 is 6.09 Å². The molecule has 7 heteroatoms. The van der Waals surface area contributed by atoms with E-state index in [1.54, 1.807) is 41.4 Å². The lowest BCUT2D eigenvalue weighted by Crippen LogP contribution is -2.40. The number of ether oxygens (including phenoxy) is 1. The number of anilines is 1. The van der Waals surface area contributed by atoms with Gasteiger partial charge >= 0.3 is 6.09 Å². The summed E-state index contributed by atoms with van der Waals surface area (Å²) in [5, 5.41) is 5.54. The van der Waals surface area contributed by atoms with Crippen molar-refractivity contribution in [3.8, 4) is 0 Å². The predicted molar refractivity (Wildman–Crippen MR) is 167 cm³/mol. The molecule has 2 aromatic carbocycles. The van der Waals surface area contributed by atoms with E-state index in [2.05, 4.69) is 22.8 Å². The van der Waals surface area contributed by atoms with Crippen LogP contribution in [0.25, 0.3) is 0 Å². The summed E-state index contributed by atoms with van der Waals surface area (Å²) in [4.78, 5) is 40.6. The molecular weight excluding hydrogens is 526 g/mol. The Morgan fingerprint density at radius 2 is 1.62 bits per heavy atom. The van der Waals surface area contributed by atoms with Crippen LogP contribution in [-0.4, -0.2) is 30.6 Å². The summed E-state index contributed by atoms with van der Waals surface area (Å²) in [5.41, 5.74) is 4.86. The minimum Gasteiger partial charge on any atom is -0.446 e. The SMILES string of the molecule is Cc1ccccc1CN(C(=O)CNC(=O)C1=C/C=C\C(NC(=O)O[C@@H]2CC/C=C/CCC2)=C/C=C\1)c1ccccc1C. The van der Waals surface area contributed by atoms with Gasteiger partial charge in [-0.15, -0.1) is 0 Å². The fraction of sp³-hybridized carbons (Fsp3) is 0.286. The molecular formula is C35H39N3O4. The Hall–Kier alpha value is -4.65. The van der Waals surface area contributed by atoms with Gasteiger partial charge in [0.15, 0.2) is 0 Å². The molecule has 0 saturated heterocycles. The first-order chi connectivity index (χ1) is 20.4. The summed E-state index contributed by atoms with van der Waals surface area (Å²) in [5.74, 6) is -0.579. The third kappa shape index (κ3) is 8.93. The van der Waals surface area contributed by atoms with Crippen molar-refractivity contribution in [2.45, 2.75) is 58.6 Å². The van der Waals surface area contributed by atoms with Crippen LogP contribution in [0.4, 0.5) is 10.5 Å². The standard InChI is InChI=1S/C35H39N3O4/c1-26-14-8-10-16-29(26)25-38(32-23-11-9-15-27(32)2)33(39)24-36-34(40)28-17-12-19-30(20-13-18-28)37-35(41)42-31-21-6-4-3-5-7-22-31/h3-4,8-20,23,31H,5-7,21-22,24-25H2,1-2H3,(H,36,40)(H,37,41)/b4-3+,17-12-,18-13?,19-12?,20-13-,28-17?,28-18+,30-19+,30-20?/t31-/m1/s1. The van der Waals surface area contributed by atoms with E-state index in [-0.39, 0.29) is 24.5 Å². The topological polar surface area (TPSA) is 87.7 Å². The Morgan fingerprint density at radius 1 is 0.881 bits per heavy atom. The normalized spacial score (nSPS) is 21.3. The molecule has 2 aliphatic carbocycles. The van der Waals surface area contributed by atoms with Crippen molar-refractivity contribution in [2.75, 3.05) is 11.4 Å². The summed E-state index contributed by atoms with van der Waals surface area (Å²) in [6.07, 6.45) is 18.4. The molecule has 0 aromatic heterocycles. The summed E-state index contributed by atoms with van der Waals surface area (Å²) >= 11 is 0. The van der Waals surface area contributed by atoms with Crippen LogP contribution in [0.1, 0.15) is 48.8 Å². The van der Waals surface area contributed by atoms with Crippen LogP contribution < -0.4 is 15.5 Å². The highest BCUT2D eigenvalue weighted by atomic mass is 16.6. The first kappa shape index (κ1) is 30.3. The Labute approximate surface area is 248 Å². The number of hydrogen-bond acceptors (Lipinski definition) is 4. The number of allylic oxidation sites excluding steroid dienone is 7. The molecule has 4 rings (SSSR count). The van der Waals surface area contributed by atoms with E-state index in [0.29, 0.717) is 17.8 Å². The summed E-state index contributed by atoms with van der Waals surface area (Å²) in [6.45, 7) is 4.24. The number of alkyl carbamates (subject to hydrolysis) is 1. The number of nitrogens with zero attached hydrogens (tertiary/aromatic N) is 1. The molecule has 218 valence electrons. The van der Waals surface area contributed by atoms with Gasteiger partial charge in [0.05, 0.1) is 13.1 Å². The summed E-state index contributed by atoms with van der Waals surface area (Å²) in [6, 6.07) is 15.7. The zero-order valence-corrected chi connectivity index (χ0v) is 24.3. The van der Waals surface area contributed by atoms with Gasteiger partial charge in [0.1, 0.15) is 6.10 Å². The number of amides is 3. The smallest absolute Gasteiger partial charge is 0.411 e. The molecule has 2 aliphatic rings.